The van der Waals surface area contributed by atoms with Gasteiger partial charge in [0.2, 0.25) is 0 Å². The summed E-state index contributed by atoms with van der Waals surface area (Å²) >= 11 is 0. The van der Waals surface area contributed by atoms with E-state index >= 15 is 0 Å². The molecule has 0 fully saturated rings. The number of ether oxygens (including phenoxy) is 2. The SMILES string of the molecule is COc1cccc(/C=C/C(=O)OC(=O)CNC(=O)c2ccccc2C)c1. The number of methoxy groups -OCH3 is 1. The molecule has 0 aliphatic rings. The number of hydrogen-bond donors (Lipinski definition) is 1. The number of hydrogen-bond acceptors (Lipinski definition) is 5. The summed E-state index contributed by atoms with van der Waals surface area (Å²) in [6, 6.07) is 14.0. The third kappa shape index (κ3) is 5.59. The van der Waals surface area contributed by atoms with Crippen LogP contribution in [0.1, 0.15) is 21.5 Å². The molecule has 0 saturated heterocycles. The maximum absolute atomic E-state index is 12.0. The van der Waals surface area contributed by atoms with Crippen LogP contribution in [0.15, 0.2) is 54.6 Å². The van der Waals surface area contributed by atoms with E-state index in [1.165, 1.54) is 6.08 Å². The van der Waals surface area contributed by atoms with Gasteiger partial charge in [-0.15, -0.1) is 0 Å². The second-order valence-corrected chi connectivity index (χ2v) is 5.40. The highest BCUT2D eigenvalue weighted by Gasteiger charge is 2.12. The van der Waals surface area contributed by atoms with Crippen molar-refractivity contribution < 1.29 is 23.9 Å². The van der Waals surface area contributed by atoms with Gasteiger partial charge in [-0.25, -0.2) is 9.59 Å². The Morgan fingerprint density at radius 3 is 2.58 bits per heavy atom. The lowest BCUT2D eigenvalue weighted by Gasteiger charge is -2.06. The van der Waals surface area contributed by atoms with Gasteiger partial charge in [-0.3, -0.25) is 4.79 Å². The molecule has 0 radical (unpaired) electrons. The van der Waals surface area contributed by atoms with E-state index in [-0.39, 0.29) is 0 Å². The van der Waals surface area contributed by atoms with Crippen LogP contribution in [0.3, 0.4) is 0 Å². The van der Waals surface area contributed by atoms with Crippen molar-refractivity contribution in [3.8, 4) is 5.75 Å². The number of carbonyl (C=O) groups excluding carboxylic acids is 3. The third-order valence-electron chi connectivity index (χ3n) is 3.50. The van der Waals surface area contributed by atoms with Crippen LogP contribution in [0.2, 0.25) is 0 Å². The first-order valence-corrected chi connectivity index (χ1v) is 7.90. The van der Waals surface area contributed by atoms with Crippen molar-refractivity contribution in [1.29, 1.82) is 0 Å². The maximum atomic E-state index is 12.0. The predicted molar refractivity (Wildman–Crippen MR) is 96.6 cm³/mol. The molecule has 2 rings (SSSR count). The van der Waals surface area contributed by atoms with E-state index in [4.69, 9.17) is 4.74 Å². The molecule has 0 saturated carbocycles. The lowest BCUT2D eigenvalue weighted by molar-refractivity contribution is -0.155. The minimum absolute atomic E-state index is 0.397. The van der Waals surface area contributed by atoms with Gasteiger partial charge in [-0.2, -0.15) is 0 Å². The van der Waals surface area contributed by atoms with E-state index < -0.39 is 24.4 Å². The predicted octanol–water partition coefficient (Wildman–Crippen LogP) is 2.52. The number of aryl methyl sites for hydroxylation is 1. The molecule has 1 N–H and O–H groups in total. The van der Waals surface area contributed by atoms with Crippen LogP contribution in [-0.2, 0) is 14.3 Å². The van der Waals surface area contributed by atoms with E-state index in [9.17, 15) is 14.4 Å². The molecule has 0 aliphatic carbocycles. The Morgan fingerprint density at radius 1 is 1.08 bits per heavy atom. The summed E-state index contributed by atoms with van der Waals surface area (Å²) in [6.45, 7) is 1.39. The second-order valence-electron chi connectivity index (χ2n) is 5.40. The van der Waals surface area contributed by atoms with Crippen molar-refractivity contribution in [3.63, 3.8) is 0 Å². The molecule has 0 bridgehead atoms. The minimum atomic E-state index is -0.841. The summed E-state index contributed by atoms with van der Waals surface area (Å²) in [5, 5.41) is 2.43. The number of carbonyl (C=O) groups is 3. The second kappa shape index (κ2) is 9.17. The lowest BCUT2D eigenvalue weighted by atomic mass is 10.1. The van der Waals surface area contributed by atoms with Gasteiger partial charge in [0, 0.05) is 11.6 Å². The number of esters is 2. The Kier molecular flexibility index (Phi) is 6.68. The Hall–Kier alpha value is -3.41. The zero-order valence-electron chi connectivity index (χ0n) is 14.5. The zero-order valence-corrected chi connectivity index (χ0v) is 14.5. The summed E-state index contributed by atoms with van der Waals surface area (Å²) in [5.41, 5.74) is 1.97. The van der Waals surface area contributed by atoms with E-state index in [0.717, 1.165) is 17.2 Å². The van der Waals surface area contributed by atoms with Gasteiger partial charge in [0.1, 0.15) is 12.3 Å². The zero-order chi connectivity index (χ0) is 18.9. The van der Waals surface area contributed by atoms with Crippen LogP contribution in [0.5, 0.6) is 5.75 Å². The average molecular weight is 353 g/mol. The number of rotatable bonds is 6. The standard InChI is InChI=1S/C20H19NO5/c1-14-6-3-4-9-17(14)20(24)21-13-19(23)26-18(22)11-10-15-7-5-8-16(12-15)25-2/h3-12H,13H2,1-2H3,(H,21,24)/b11-10+. The Morgan fingerprint density at radius 2 is 1.85 bits per heavy atom. The fourth-order valence-electron chi connectivity index (χ4n) is 2.17. The third-order valence-corrected chi connectivity index (χ3v) is 3.50. The quantitative estimate of drug-likeness (QED) is 0.490. The fraction of sp³-hybridized carbons (Fsp3) is 0.150. The van der Waals surface area contributed by atoms with Crippen molar-refractivity contribution in [2.24, 2.45) is 0 Å². The summed E-state index contributed by atoms with van der Waals surface area (Å²) in [5.74, 6) is -1.41. The van der Waals surface area contributed by atoms with E-state index in [1.807, 2.05) is 6.07 Å². The highest BCUT2D eigenvalue weighted by atomic mass is 16.6. The Labute approximate surface area is 151 Å². The monoisotopic (exact) mass is 353 g/mol. The molecule has 0 heterocycles. The van der Waals surface area contributed by atoms with Crippen molar-refractivity contribution in [3.05, 3.63) is 71.3 Å². The molecule has 0 unspecified atom stereocenters. The van der Waals surface area contributed by atoms with Crippen molar-refractivity contribution in [1.82, 2.24) is 5.32 Å². The summed E-state index contributed by atoms with van der Waals surface area (Å²) in [7, 11) is 1.54. The van der Waals surface area contributed by atoms with Crippen molar-refractivity contribution >= 4 is 23.9 Å². The van der Waals surface area contributed by atoms with Gasteiger partial charge >= 0.3 is 11.9 Å². The smallest absolute Gasteiger partial charge is 0.338 e. The number of benzene rings is 2. The van der Waals surface area contributed by atoms with Crippen molar-refractivity contribution in [2.45, 2.75) is 6.92 Å². The van der Waals surface area contributed by atoms with E-state index in [1.54, 1.807) is 56.5 Å². The largest absolute Gasteiger partial charge is 0.497 e. The molecular weight excluding hydrogens is 334 g/mol. The van der Waals surface area contributed by atoms with Crippen molar-refractivity contribution in [2.75, 3.05) is 13.7 Å². The first-order chi connectivity index (χ1) is 12.5. The van der Waals surface area contributed by atoms with Crippen LogP contribution < -0.4 is 10.1 Å². The van der Waals surface area contributed by atoms with Gasteiger partial charge in [0.25, 0.3) is 5.91 Å². The lowest BCUT2D eigenvalue weighted by Crippen LogP contribution is -2.31. The Bertz CT molecular complexity index is 842. The summed E-state index contributed by atoms with van der Waals surface area (Å²) < 4.78 is 9.72. The molecule has 2 aromatic carbocycles. The first kappa shape index (κ1) is 18.9. The maximum Gasteiger partial charge on any atom is 0.338 e. The molecule has 0 atom stereocenters. The molecule has 0 aromatic heterocycles. The topological polar surface area (TPSA) is 81.7 Å². The van der Waals surface area contributed by atoms with Crippen LogP contribution in [-0.4, -0.2) is 31.5 Å². The highest BCUT2D eigenvalue weighted by molar-refractivity contribution is 5.99. The molecule has 0 aliphatic heterocycles. The van der Waals surface area contributed by atoms with E-state index in [0.29, 0.717) is 11.3 Å². The minimum Gasteiger partial charge on any atom is -0.497 e. The van der Waals surface area contributed by atoms with Crippen LogP contribution in [0.25, 0.3) is 6.08 Å². The molecule has 26 heavy (non-hydrogen) atoms. The van der Waals surface area contributed by atoms with Crippen LogP contribution >= 0.6 is 0 Å². The van der Waals surface area contributed by atoms with Crippen LogP contribution in [0.4, 0.5) is 0 Å². The number of amides is 1. The Balaban J connectivity index is 1.83. The van der Waals surface area contributed by atoms with E-state index in [2.05, 4.69) is 10.1 Å². The van der Waals surface area contributed by atoms with Gasteiger partial charge in [0.05, 0.1) is 7.11 Å². The average Bonchev–Trinajstić information content (AvgIpc) is 2.65. The summed E-state index contributed by atoms with van der Waals surface area (Å²) in [6.07, 6.45) is 2.64. The highest BCUT2D eigenvalue weighted by Crippen LogP contribution is 2.13. The molecule has 1 amide bonds. The summed E-state index contributed by atoms with van der Waals surface area (Å²) in [4.78, 5) is 35.3. The molecule has 6 nitrogen and oxygen atoms in total. The normalized spacial score (nSPS) is 10.4. The molecule has 0 spiro atoms. The number of nitrogens with one attached hydrogen (secondary N) is 1. The molecule has 2 aromatic rings. The van der Waals surface area contributed by atoms with Crippen LogP contribution in [0, 0.1) is 6.92 Å². The van der Waals surface area contributed by atoms with Gasteiger partial charge in [-0.05, 0) is 42.3 Å². The molecular formula is C20H19NO5. The van der Waals surface area contributed by atoms with Gasteiger partial charge in [-0.1, -0.05) is 30.3 Å². The van der Waals surface area contributed by atoms with Gasteiger partial charge < -0.3 is 14.8 Å². The van der Waals surface area contributed by atoms with Gasteiger partial charge in [0.15, 0.2) is 0 Å². The fourth-order valence-corrected chi connectivity index (χ4v) is 2.17. The first-order valence-electron chi connectivity index (χ1n) is 7.90. The molecule has 6 heteroatoms. The molecule has 134 valence electrons.